The predicted octanol–water partition coefficient (Wildman–Crippen LogP) is 2.08. The molecule has 0 spiro atoms. The number of nitrogens with zero attached hydrogens (tertiary/aromatic N) is 2. The van der Waals surface area contributed by atoms with Crippen molar-refractivity contribution >= 4 is 34.3 Å². The number of benzene rings is 1. The molecule has 0 radical (unpaired) electrons. The number of carbonyl (C=O) groups is 2. The molecule has 1 heterocycles. The summed E-state index contributed by atoms with van der Waals surface area (Å²) < 4.78 is 0. The van der Waals surface area contributed by atoms with Gasteiger partial charge in [0.15, 0.2) is 11.0 Å². The molecular weight excluding hydrogens is 236 g/mol. The van der Waals surface area contributed by atoms with E-state index in [2.05, 4.69) is 4.99 Å². The molecule has 0 unspecified atom stereocenters. The van der Waals surface area contributed by atoms with E-state index in [4.69, 9.17) is 0 Å². The van der Waals surface area contributed by atoms with Crippen LogP contribution in [-0.4, -0.2) is 34.6 Å². The molecule has 0 aromatic heterocycles. The summed E-state index contributed by atoms with van der Waals surface area (Å²) in [5.74, 6) is 0.543. The molecule has 0 bridgehead atoms. The maximum Gasteiger partial charge on any atom is 0.238 e. The molecule has 2 rings (SSSR count). The average Bonchev–Trinajstić information content (AvgIpc) is 2.62. The Morgan fingerprint density at radius 2 is 2.00 bits per heavy atom. The minimum atomic E-state index is 0.0340. The number of rotatable bonds is 2. The van der Waals surface area contributed by atoms with E-state index >= 15 is 0 Å². The second-order valence-corrected chi connectivity index (χ2v) is 4.68. The Balaban J connectivity index is 2.22. The van der Waals surface area contributed by atoms with Crippen molar-refractivity contribution in [1.29, 1.82) is 0 Å². The van der Waals surface area contributed by atoms with Crippen LogP contribution in [0.4, 0.5) is 5.69 Å². The third kappa shape index (κ3) is 2.55. The number of hydrogen-bond acceptors (Lipinski definition) is 4. The van der Waals surface area contributed by atoms with Gasteiger partial charge in [-0.25, -0.2) is 4.99 Å². The normalized spacial score (nSPS) is 17.9. The van der Waals surface area contributed by atoms with E-state index in [0.717, 1.165) is 5.69 Å². The van der Waals surface area contributed by atoms with Crippen LogP contribution in [0.1, 0.15) is 17.3 Å². The zero-order valence-electron chi connectivity index (χ0n) is 9.64. The summed E-state index contributed by atoms with van der Waals surface area (Å²) in [6.07, 6.45) is 0. The predicted molar refractivity (Wildman–Crippen MR) is 68.8 cm³/mol. The SMILES string of the molecule is CC(=O)c1ccc(N=C2SCC(=O)N2C)cc1. The summed E-state index contributed by atoms with van der Waals surface area (Å²) in [6, 6.07) is 7.04. The summed E-state index contributed by atoms with van der Waals surface area (Å²) in [5, 5.41) is 0.700. The van der Waals surface area contributed by atoms with E-state index < -0.39 is 0 Å². The monoisotopic (exact) mass is 248 g/mol. The molecule has 1 aromatic carbocycles. The molecule has 0 saturated carbocycles. The molecule has 1 amide bonds. The number of amidine groups is 1. The van der Waals surface area contributed by atoms with Gasteiger partial charge >= 0.3 is 0 Å². The van der Waals surface area contributed by atoms with E-state index in [1.165, 1.54) is 18.7 Å². The lowest BCUT2D eigenvalue weighted by Crippen LogP contribution is -2.24. The van der Waals surface area contributed by atoms with Crippen LogP contribution < -0.4 is 0 Å². The van der Waals surface area contributed by atoms with Gasteiger partial charge in [0.25, 0.3) is 0 Å². The van der Waals surface area contributed by atoms with E-state index in [1.807, 2.05) is 0 Å². The lowest BCUT2D eigenvalue weighted by atomic mass is 10.1. The quantitative estimate of drug-likeness (QED) is 0.753. The van der Waals surface area contributed by atoms with Crippen LogP contribution in [0.15, 0.2) is 29.3 Å². The summed E-state index contributed by atoms with van der Waals surface area (Å²) >= 11 is 1.42. The molecule has 1 fully saturated rings. The molecule has 0 aliphatic carbocycles. The molecule has 1 aliphatic rings. The fourth-order valence-corrected chi connectivity index (χ4v) is 2.33. The van der Waals surface area contributed by atoms with E-state index in [9.17, 15) is 9.59 Å². The highest BCUT2D eigenvalue weighted by Gasteiger charge is 2.24. The second kappa shape index (κ2) is 4.71. The van der Waals surface area contributed by atoms with Gasteiger partial charge in [0, 0.05) is 12.6 Å². The summed E-state index contributed by atoms with van der Waals surface area (Å²) in [6.45, 7) is 1.53. The number of hydrogen-bond donors (Lipinski definition) is 0. The van der Waals surface area contributed by atoms with Crippen molar-refractivity contribution in [3.05, 3.63) is 29.8 Å². The molecule has 0 atom stereocenters. The van der Waals surface area contributed by atoms with Crippen LogP contribution in [0.5, 0.6) is 0 Å². The van der Waals surface area contributed by atoms with E-state index in [0.29, 0.717) is 16.5 Å². The first-order chi connectivity index (χ1) is 8.08. The first-order valence-electron chi connectivity index (χ1n) is 5.17. The number of thioether (sulfide) groups is 1. The van der Waals surface area contributed by atoms with Gasteiger partial charge in [0.1, 0.15) is 0 Å². The fourth-order valence-electron chi connectivity index (χ4n) is 1.42. The Hall–Kier alpha value is -1.62. The van der Waals surface area contributed by atoms with Gasteiger partial charge in [0.2, 0.25) is 5.91 Å². The number of carbonyl (C=O) groups excluding carboxylic acids is 2. The molecule has 1 saturated heterocycles. The number of ketones is 1. The van der Waals surface area contributed by atoms with Crippen LogP contribution in [0, 0.1) is 0 Å². The van der Waals surface area contributed by atoms with Crippen LogP contribution in [0.2, 0.25) is 0 Å². The van der Waals surface area contributed by atoms with Crippen LogP contribution in [0.3, 0.4) is 0 Å². The largest absolute Gasteiger partial charge is 0.295 e. The van der Waals surface area contributed by atoms with E-state index in [-0.39, 0.29) is 11.7 Å². The van der Waals surface area contributed by atoms with Gasteiger partial charge in [-0.05, 0) is 31.2 Å². The highest BCUT2D eigenvalue weighted by molar-refractivity contribution is 8.15. The van der Waals surface area contributed by atoms with Crippen molar-refractivity contribution in [3.63, 3.8) is 0 Å². The Bertz CT molecular complexity index is 494. The average molecular weight is 248 g/mol. The van der Waals surface area contributed by atoms with Crippen molar-refractivity contribution < 1.29 is 9.59 Å². The van der Waals surface area contributed by atoms with Gasteiger partial charge in [-0.1, -0.05) is 11.8 Å². The third-order valence-electron chi connectivity index (χ3n) is 2.48. The Kier molecular flexibility index (Phi) is 3.28. The Labute approximate surface area is 104 Å². The van der Waals surface area contributed by atoms with Crippen molar-refractivity contribution in [2.24, 2.45) is 4.99 Å². The van der Waals surface area contributed by atoms with Crippen molar-refractivity contribution in [1.82, 2.24) is 4.90 Å². The molecular formula is C12H12N2O2S. The van der Waals surface area contributed by atoms with Gasteiger partial charge in [-0.15, -0.1) is 0 Å². The van der Waals surface area contributed by atoms with Gasteiger partial charge in [-0.2, -0.15) is 0 Å². The maximum atomic E-state index is 11.3. The number of Topliss-reactive ketones (excluding diaryl/α,β-unsaturated/α-hetero) is 1. The Morgan fingerprint density at radius 1 is 1.35 bits per heavy atom. The standard InChI is InChI=1S/C12H12N2O2S/c1-8(15)9-3-5-10(6-4-9)13-12-14(2)11(16)7-17-12/h3-6H,7H2,1-2H3. The minimum Gasteiger partial charge on any atom is -0.295 e. The van der Waals surface area contributed by atoms with Crippen LogP contribution >= 0.6 is 11.8 Å². The highest BCUT2D eigenvalue weighted by atomic mass is 32.2. The molecule has 5 heteroatoms. The zero-order chi connectivity index (χ0) is 12.4. The molecule has 88 valence electrons. The molecule has 0 N–H and O–H groups in total. The van der Waals surface area contributed by atoms with Gasteiger partial charge < -0.3 is 0 Å². The number of aliphatic imine (C=N–C) groups is 1. The smallest absolute Gasteiger partial charge is 0.238 e. The Morgan fingerprint density at radius 3 is 2.47 bits per heavy atom. The summed E-state index contributed by atoms with van der Waals surface area (Å²) in [5.41, 5.74) is 1.41. The molecule has 17 heavy (non-hydrogen) atoms. The van der Waals surface area contributed by atoms with Gasteiger partial charge in [0.05, 0.1) is 11.4 Å². The molecule has 4 nitrogen and oxygen atoms in total. The van der Waals surface area contributed by atoms with Crippen LogP contribution in [-0.2, 0) is 4.79 Å². The summed E-state index contributed by atoms with van der Waals surface area (Å²) in [7, 11) is 1.71. The minimum absolute atomic E-state index is 0.0340. The van der Waals surface area contributed by atoms with Crippen molar-refractivity contribution in [2.45, 2.75) is 6.92 Å². The maximum absolute atomic E-state index is 11.3. The topological polar surface area (TPSA) is 49.7 Å². The molecule has 1 aromatic rings. The first-order valence-corrected chi connectivity index (χ1v) is 6.15. The zero-order valence-corrected chi connectivity index (χ0v) is 10.5. The lowest BCUT2D eigenvalue weighted by molar-refractivity contribution is -0.123. The number of amides is 1. The molecule has 1 aliphatic heterocycles. The summed E-state index contributed by atoms with van der Waals surface area (Å²) in [4.78, 5) is 28.3. The van der Waals surface area contributed by atoms with Crippen molar-refractivity contribution in [2.75, 3.05) is 12.8 Å². The highest BCUT2D eigenvalue weighted by Crippen LogP contribution is 2.22. The van der Waals surface area contributed by atoms with Gasteiger partial charge in [-0.3, -0.25) is 14.5 Å². The van der Waals surface area contributed by atoms with Crippen molar-refractivity contribution in [3.8, 4) is 0 Å². The van der Waals surface area contributed by atoms with E-state index in [1.54, 1.807) is 36.2 Å². The fraction of sp³-hybridized carbons (Fsp3) is 0.250. The first kappa shape index (κ1) is 11.9. The third-order valence-corrected chi connectivity index (χ3v) is 3.50. The van der Waals surface area contributed by atoms with Crippen LogP contribution in [0.25, 0.3) is 0 Å². The lowest BCUT2D eigenvalue weighted by Gasteiger charge is -2.07. The second-order valence-electron chi connectivity index (χ2n) is 3.74.